The van der Waals surface area contributed by atoms with E-state index in [1.54, 1.807) is 0 Å². The number of rotatable bonds is 3. The van der Waals surface area contributed by atoms with E-state index in [2.05, 4.69) is 25.1 Å². The number of anilines is 1. The van der Waals surface area contributed by atoms with Crippen LogP contribution in [0, 0.1) is 0 Å². The Bertz CT molecular complexity index is 655. The molecule has 0 bridgehead atoms. The van der Waals surface area contributed by atoms with Crippen molar-refractivity contribution in [3.8, 4) is 0 Å². The summed E-state index contributed by atoms with van der Waals surface area (Å²) in [6.07, 6.45) is 0. The fraction of sp³-hybridized carbons (Fsp3) is 0.364. The van der Waals surface area contributed by atoms with E-state index in [1.165, 1.54) is 6.07 Å². The Morgan fingerprint density at radius 1 is 1.40 bits per heavy atom. The number of hydrogen-bond donors (Lipinski definition) is 3. The average molecular weight is 295 g/mol. The summed E-state index contributed by atoms with van der Waals surface area (Å²) < 4.78 is 3.79. The fourth-order valence-corrected chi connectivity index (χ4v) is 2.27. The fourth-order valence-electron chi connectivity index (χ4n) is 1.50. The Morgan fingerprint density at radius 2 is 2.10 bits per heavy atom. The minimum absolute atomic E-state index is 0.0984. The summed E-state index contributed by atoms with van der Waals surface area (Å²) in [4.78, 5) is 23.2. The maximum atomic E-state index is 12.1. The van der Waals surface area contributed by atoms with Crippen molar-refractivity contribution in [2.24, 2.45) is 0 Å². The molecule has 106 valence electrons. The first-order valence-electron chi connectivity index (χ1n) is 5.72. The number of carboxylic acid groups (broad SMARTS) is 1. The number of carbonyl (C=O) groups excluding carboxylic acids is 1. The summed E-state index contributed by atoms with van der Waals surface area (Å²) in [6.45, 7) is 5.78. The molecule has 0 saturated heterocycles. The summed E-state index contributed by atoms with van der Waals surface area (Å²) in [5.74, 6) is -1.41. The lowest BCUT2D eigenvalue weighted by atomic mass is 9.91. The molecule has 3 N–H and O–H groups in total. The van der Waals surface area contributed by atoms with Crippen LogP contribution in [-0.4, -0.2) is 36.8 Å². The Labute approximate surface area is 118 Å². The topological polar surface area (TPSA) is 121 Å². The third-order valence-electron chi connectivity index (χ3n) is 2.45. The number of hydrogen-bond acceptors (Lipinski definition) is 6. The molecule has 0 saturated carbocycles. The highest BCUT2D eigenvalue weighted by molar-refractivity contribution is 7.08. The van der Waals surface area contributed by atoms with Gasteiger partial charge in [-0.2, -0.15) is 5.10 Å². The van der Waals surface area contributed by atoms with Gasteiger partial charge in [0.15, 0.2) is 5.82 Å². The van der Waals surface area contributed by atoms with Crippen LogP contribution >= 0.6 is 11.5 Å². The van der Waals surface area contributed by atoms with E-state index in [0.29, 0.717) is 10.6 Å². The number of amides is 1. The predicted octanol–water partition coefficient (Wildman–Crippen LogP) is 1.51. The zero-order valence-corrected chi connectivity index (χ0v) is 11.9. The minimum Gasteiger partial charge on any atom is -0.477 e. The van der Waals surface area contributed by atoms with Crippen molar-refractivity contribution < 1.29 is 14.7 Å². The van der Waals surface area contributed by atoms with Crippen molar-refractivity contribution >= 4 is 29.2 Å². The van der Waals surface area contributed by atoms with Gasteiger partial charge in [0.2, 0.25) is 0 Å². The minimum atomic E-state index is -1.15. The van der Waals surface area contributed by atoms with E-state index in [0.717, 1.165) is 11.5 Å². The molecule has 2 rings (SSSR count). The van der Waals surface area contributed by atoms with Crippen LogP contribution in [0.25, 0.3) is 0 Å². The second-order valence-electron chi connectivity index (χ2n) is 5.13. The largest absolute Gasteiger partial charge is 0.477 e. The molecule has 0 atom stereocenters. The zero-order chi connectivity index (χ0) is 14.9. The van der Waals surface area contributed by atoms with E-state index in [-0.39, 0.29) is 16.9 Å². The lowest BCUT2D eigenvalue weighted by Gasteiger charge is -2.15. The number of aromatic carboxylic acids is 1. The van der Waals surface area contributed by atoms with Crippen LogP contribution < -0.4 is 5.32 Å². The molecule has 0 aromatic carbocycles. The van der Waals surface area contributed by atoms with Crippen LogP contribution in [0.5, 0.6) is 0 Å². The number of carboxylic acids is 1. The lowest BCUT2D eigenvalue weighted by Crippen LogP contribution is -2.20. The van der Waals surface area contributed by atoms with Gasteiger partial charge in [-0.3, -0.25) is 9.89 Å². The Balaban J connectivity index is 2.20. The van der Waals surface area contributed by atoms with Crippen LogP contribution in [-0.2, 0) is 5.41 Å². The number of carbonyl (C=O) groups is 2. The monoisotopic (exact) mass is 295 g/mol. The molecule has 20 heavy (non-hydrogen) atoms. The van der Waals surface area contributed by atoms with Gasteiger partial charge < -0.3 is 10.4 Å². The van der Waals surface area contributed by atoms with E-state index in [9.17, 15) is 9.59 Å². The third-order valence-corrected chi connectivity index (χ3v) is 3.18. The standard InChI is InChI=1S/C11H13N5O3S/c1-11(2,3)8-7(20-16-15-8)9(17)12-6-4-5(10(18)19)13-14-6/h4H,1-3H3,(H,18,19)(H2,12,13,14,17). The molecule has 0 fully saturated rings. The Kier molecular flexibility index (Phi) is 3.53. The van der Waals surface area contributed by atoms with Gasteiger partial charge in [0, 0.05) is 11.5 Å². The smallest absolute Gasteiger partial charge is 0.353 e. The average Bonchev–Trinajstić information content (AvgIpc) is 2.95. The maximum absolute atomic E-state index is 12.1. The summed E-state index contributed by atoms with van der Waals surface area (Å²) in [5.41, 5.74) is 0.185. The van der Waals surface area contributed by atoms with Crippen LogP contribution in [0.1, 0.15) is 46.6 Å². The van der Waals surface area contributed by atoms with Gasteiger partial charge in [-0.1, -0.05) is 25.3 Å². The third kappa shape index (κ3) is 2.82. The van der Waals surface area contributed by atoms with Crippen LogP contribution in [0.3, 0.4) is 0 Å². The number of nitrogens with one attached hydrogen (secondary N) is 2. The SMILES string of the molecule is CC(C)(C)c1nnsc1C(=O)Nc1cc(C(=O)O)[nH]n1. The first kappa shape index (κ1) is 14.1. The highest BCUT2D eigenvalue weighted by atomic mass is 32.1. The molecule has 2 aromatic rings. The van der Waals surface area contributed by atoms with E-state index in [4.69, 9.17) is 5.11 Å². The maximum Gasteiger partial charge on any atom is 0.353 e. The van der Waals surface area contributed by atoms with Gasteiger partial charge in [0.1, 0.15) is 10.6 Å². The molecule has 2 heterocycles. The Morgan fingerprint density at radius 3 is 2.65 bits per heavy atom. The first-order chi connectivity index (χ1) is 9.29. The van der Waals surface area contributed by atoms with Crippen molar-refractivity contribution in [3.05, 3.63) is 22.3 Å². The second kappa shape index (κ2) is 5.00. The van der Waals surface area contributed by atoms with Gasteiger partial charge in [-0.05, 0) is 11.5 Å². The first-order valence-corrected chi connectivity index (χ1v) is 6.49. The second-order valence-corrected chi connectivity index (χ2v) is 5.88. The highest BCUT2D eigenvalue weighted by Gasteiger charge is 2.26. The van der Waals surface area contributed by atoms with Crippen molar-refractivity contribution in [2.75, 3.05) is 5.32 Å². The quantitative estimate of drug-likeness (QED) is 0.789. The highest BCUT2D eigenvalue weighted by Crippen LogP contribution is 2.26. The summed E-state index contributed by atoms with van der Waals surface area (Å²) in [7, 11) is 0. The van der Waals surface area contributed by atoms with Gasteiger partial charge in [-0.15, -0.1) is 5.10 Å². The predicted molar refractivity (Wildman–Crippen MR) is 72.1 cm³/mol. The molecular weight excluding hydrogens is 282 g/mol. The summed E-state index contributed by atoms with van der Waals surface area (Å²) >= 11 is 0.989. The van der Waals surface area contributed by atoms with Gasteiger partial charge in [0.05, 0.1) is 5.69 Å². The molecule has 1 amide bonds. The van der Waals surface area contributed by atoms with Crippen LogP contribution in [0.4, 0.5) is 5.82 Å². The zero-order valence-electron chi connectivity index (χ0n) is 11.1. The molecule has 8 nitrogen and oxygen atoms in total. The van der Waals surface area contributed by atoms with Crippen molar-refractivity contribution in [2.45, 2.75) is 26.2 Å². The van der Waals surface area contributed by atoms with Crippen molar-refractivity contribution in [3.63, 3.8) is 0 Å². The normalized spacial score (nSPS) is 11.3. The molecular formula is C11H13N5O3S. The molecule has 0 spiro atoms. The number of aromatic amines is 1. The molecule has 0 aliphatic rings. The number of nitrogens with zero attached hydrogens (tertiary/aromatic N) is 3. The van der Waals surface area contributed by atoms with E-state index >= 15 is 0 Å². The van der Waals surface area contributed by atoms with Crippen LogP contribution in [0.2, 0.25) is 0 Å². The van der Waals surface area contributed by atoms with Crippen molar-refractivity contribution in [1.82, 2.24) is 19.8 Å². The molecule has 0 unspecified atom stereocenters. The number of aromatic nitrogens is 4. The van der Waals surface area contributed by atoms with E-state index in [1.807, 2.05) is 20.8 Å². The van der Waals surface area contributed by atoms with Gasteiger partial charge >= 0.3 is 5.97 Å². The molecule has 2 aromatic heterocycles. The Hall–Kier alpha value is -2.29. The molecule has 9 heteroatoms. The molecule has 0 aliphatic carbocycles. The summed E-state index contributed by atoms with van der Waals surface area (Å²) in [6, 6.07) is 1.24. The molecule has 0 aliphatic heterocycles. The summed E-state index contributed by atoms with van der Waals surface area (Å²) in [5, 5.41) is 21.3. The molecule has 0 radical (unpaired) electrons. The van der Waals surface area contributed by atoms with E-state index < -0.39 is 11.9 Å². The van der Waals surface area contributed by atoms with Crippen LogP contribution in [0.15, 0.2) is 6.07 Å². The van der Waals surface area contributed by atoms with Gasteiger partial charge in [0.25, 0.3) is 5.91 Å². The lowest BCUT2D eigenvalue weighted by molar-refractivity contribution is 0.0690. The number of H-pyrrole nitrogens is 1. The van der Waals surface area contributed by atoms with Gasteiger partial charge in [-0.25, -0.2) is 4.79 Å². The van der Waals surface area contributed by atoms with Crippen molar-refractivity contribution in [1.29, 1.82) is 0 Å².